The number of nitrogens with one attached hydrogen (secondary N) is 1. The van der Waals surface area contributed by atoms with Crippen LogP contribution in [0.4, 0.5) is 18.9 Å². The summed E-state index contributed by atoms with van der Waals surface area (Å²) in [5.41, 5.74) is -1.19. The number of anilines is 1. The Bertz CT molecular complexity index is 777. The molecule has 0 radical (unpaired) electrons. The predicted octanol–water partition coefficient (Wildman–Crippen LogP) is 4.38. The standard InChI is InChI=1S/C10H5BrClF3N2O2S2/c11-6-2-1-5(10(13,14)15)3-7(6)17-21(18,19)8-4-16-9(12)20-8/h1-4,17H. The number of sulfonamides is 1. The zero-order chi connectivity index (χ0) is 15.8. The number of benzene rings is 1. The molecular formula is C10H5BrClF3N2O2S2. The molecule has 0 saturated heterocycles. The molecule has 4 nitrogen and oxygen atoms in total. The van der Waals surface area contributed by atoms with Gasteiger partial charge in [-0.1, -0.05) is 22.9 Å². The molecule has 0 atom stereocenters. The Morgan fingerprint density at radius 3 is 2.52 bits per heavy atom. The number of alkyl halides is 3. The highest BCUT2D eigenvalue weighted by molar-refractivity contribution is 9.10. The number of thiazole rings is 1. The van der Waals surface area contributed by atoms with Gasteiger partial charge in [0, 0.05) is 4.47 Å². The van der Waals surface area contributed by atoms with Crippen molar-refractivity contribution in [2.75, 3.05) is 4.72 Å². The zero-order valence-corrected chi connectivity index (χ0v) is 13.8. The Hall–Kier alpha value is -0.840. The summed E-state index contributed by atoms with van der Waals surface area (Å²) < 4.78 is 64.0. The van der Waals surface area contributed by atoms with Crippen molar-refractivity contribution in [2.45, 2.75) is 10.4 Å². The fraction of sp³-hybridized carbons (Fsp3) is 0.100. The first-order valence-electron chi connectivity index (χ1n) is 5.10. The highest BCUT2D eigenvalue weighted by atomic mass is 79.9. The number of nitrogens with zero attached hydrogens (tertiary/aromatic N) is 1. The van der Waals surface area contributed by atoms with Crippen molar-refractivity contribution >= 4 is 54.6 Å². The topological polar surface area (TPSA) is 59.1 Å². The first kappa shape index (κ1) is 16.5. The molecule has 114 valence electrons. The van der Waals surface area contributed by atoms with Crippen LogP contribution in [0.15, 0.2) is 33.1 Å². The van der Waals surface area contributed by atoms with Gasteiger partial charge in [-0.25, -0.2) is 13.4 Å². The predicted molar refractivity (Wildman–Crippen MR) is 77.1 cm³/mol. The highest BCUT2D eigenvalue weighted by Gasteiger charge is 2.31. The maximum absolute atomic E-state index is 12.6. The molecule has 1 heterocycles. The lowest BCUT2D eigenvalue weighted by molar-refractivity contribution is -0.137. The van der Waals surface area contributed by atoms with Gasteiger partial charge in [-0.05, 0) is 34.1 Å². The molecule has 1 N–H and O–H groups in total. The number of hydrogen-bond donors (Lipinski definition) is 1. The molecule has 0 fully saturated rings. The molecular weight excluding hydrogens is 417 g/mol. The Morgan fingerprint density at radius 1 is 1.33 bits per heavy atom. The van der Waals surface area contributed by atoms with Crippen LogP contribution in [0.25, 0.3) is 0 Å². The summed E-state index contributed by atoms with van der Waals surface area (Å²) in [5, 5.41) is 0. The molecule has 0 saturated carbocycles. The zero-order valence-electron chi connectivity index (χ0n) is 9.78. The maximum atomic E-state index is 12.6. The van der Waals surface area contributed by atoms with E-state index in [1.165, 1.54) is 0 Å². The molecule has 1 aromatic heterocycles. The van der Waals surface area contributed by atoms with Crippen LogP contribution in [-0.4, -0.2) is 13.4 Å². The third-order valence-corrected chi connectivity index (χ3v) is 5.89. The molecule has 0 aliphatic carbocycles. The monoisotopic (exact) mass is 420 g/mol. The van der Waals surface area contributed by atoms with E-state index in [1.807, 2.05) is 0 Å². The van der Waals surface area contributed by atoms with Gasteiger partial charge in [-0.3, -0.25) is 4.72 Å². The number of aromatic nitrogens is 1. The first-order valence-corrected chi connectivity index (χ1v) is 8.57. The number of hydrogen-bond acceptors (Lipinski definition) is 4. The van der Waals surface area contributed by atoms with E-state index in [2.05, 4.69) is 25.6 Å². The van der Waals surface area contributed by atoms with Crippen LogP contribution in [0, 0.1) is 0 Å². The molecule has 1 aromatic carbocycles. The van der Waals surface area contributed by atoms with Gasteiger partial charge in [-0.15, -0.1) is 0 Å². The maximum Gasteiger partial charge on any atom is 0.416 e. The van der Waals surface area contributed by atoms with Crippen molar-refractivity contribution in [3.8, 4) is 0 Å². The molecule has 0 aliphatic heterocycles. The van der Waals surface area contributed by atoms with Crippen LogP contribution in [0.1, 0.15) is 5.56 Å². The second kappa shape index (κ2) is 5.75. The normalized spacial score (nSPS) is 12.4. The van der Waals surface area contributed by atoms with Gasteiger partial charge in [-0.2, -0.15) is 13.2 Å². The van der Waals surface area contributed by atoms with Gasteiger partial charge in [0.15, 0.2) is 8.68 Å². The molecule has 0 aliphatic rings. The lowest BCUT2D eigenvalue weighted by atomic mass is 10.2. The minimum Gasteiger partial charge on any atom is -0.278 e. The summed E-state index contributed by atoms with van der Waals surface area (Å²) in [6.45, 7) is 0. The molecule has 0 spiro atoms. The van der Waals surface area contributed by atoms with Gasteiger partial charge in [0.1, 0.15) is 0 Å². The molecule has 0 bridgehead atoms. The lowest BCUT2D eigenvalue weighted by Crippen LogP contribution is -2.13. The summed E-state index contributed by atoms with van der Waals surface area (Å²) in [6, 6.07) is 2.65. The van der Waals surface area contributed by atoms with Crippen LogP contribution < -0.4 is 4.72 Å². The van der Waals surface area contributed by atoms with E-state index in [-0.39, 0.29) is 18.8 Å². The van der Waals surface area contributed by atoms with Crippen LogP contribution >= 0.6 is 38.9 Å². The van der Waals surface area contributed by atoms with Crippen molar-refractivity contribution in [1.29, 1.82) is 0 Å². The van der Waals surface area contributed by atoms with Crippen LogP contribution in [0.2, 0.25) is 4.47 Å². The van der Waals surface area contributed by atoms with Gasteiger partial charge in [0.25, 0.3) is 10.0 Å². The summed E-state index contributed by atoms with van der Waals surface area (Å²) in [4.78, 5) is 3.58. The van der Waals surface area contributed by atoms with E-state index in [1.54, 1.807) is 0 Å². The van der Waals surface area contributed by atoms with E-state index in [9.17, 15) is 21.6 Å². The summed E-state index contributed by atoms with van der Waals surface area (Å²) >= 11 is 9.23. The van der Waals surface area contributed by atoms with Gasteiger partial charge in [0.05, 0.1) is 17.4 Å². The third-order valence-electron chi connectivity index (χ3n) is 2.26. The minimum atomic E-state index is -4.57. The van der Waals surface area contributed by atoms with Gasteiger partial charge < -0.3 is 0 Å². The van der Waals surface area contributed by atoms with Crippen molar-refractivity contribution in [2.24, 2.45) is 0 Å². The summed E-state index contributed by atoms with van der Waals surface area (Å²) in [7, 11) is -4.05. The fourth-order valence-corrected chi connectivity index (χ4v) is 4.18. The fourth-order valence-electron chi connectivity index (χ4n) is 1.34. The summed E-state index contributed by atoms with van der Waals surface area (Å²) in [5.74, 6) is 0. The Labute approximate surface area is 135 Å². The Balaban J connectivity index is 2.39. The second-order valence-electron chi connectivity index (χ2n) is 3.73. The van der Waals surface area contributed by atoms with E-state index in [0.717, 1.165) is 18.3 Å². The van der Waals surface area contributed by atoms with Crippen LogP contribution in [0.5, 0.6) is 0 Å². The lowest BCUT2D eigenvalue weighted by Gasteiger charge is -2.12. The van der Waals surface area contributed by atoms with Crippen molar-refractivity contribution in [3.05, 3.63) is 38.9 Å². The van der Waals surface area contributed by atoms with Crippen molar-refractivity contribution < 1.29 is 21.6 Å². The van der Waals surface area contributed by atoms with E-state index in [4.69, 9.17) is 11.6 Å². The molecule has 0 amide bonds. The van der Waals surface area contributed by atoms with Crippen molar-refractivity contribution in [1.82, 2.24) is 4.98 Å². The van der Waals surface area contributed by atoms with E-state index in [0.29, 0.717) is 17.4 Å². The molecule has 2 aromatic rings. The first-order chi connectivity index (χ1) is 9.59. The smallest absolute Gasteiger partial charge is 0.278 e. The molecule has 2 rings (SSSR count). The third kappa shape index (κ3) is 3.87. The minimum absolute atomic E-state index is 0.0125. The molecule has 11 heteroatoms. The van der Waals surface area contributed by atoms with E-state index < -0.39 is 21.8 Å². The highest BCUT2D eigenvalue weighted by Crippen LogP contribution is 2.35. The molecule has 0 unspecified atom stereocenters. The van der Waals surface area contributed by atoms with Crippen molar-refractivity contribution in [3.63, 3.8) is 0 Å². The summed E-state index contributed by atoms with van der Waals surface area (Å²) in [6.07, 6.45) is -3.55. The Morgan fingerprint density at radius 2 is 2.00 bits per heavy atom. The van der Waals surface area contributed by atoms with E-state index >= 15 is 0 Å². The SMILES string of the molecule is O=S(=O)(Nc1cc(C(F)(F)F)ccc1Br)c1cnc(Cl)s1. The largest absolute Gasteiger partial charge is 0.416 e. The number of rotatable bonds is 3. The van der Waals surface area contributed by atoms with Gasteiger partial charge in [0.2, 0.25) is 0 Å². The quantitative estimate of drug-likeness (QED) is 0.800. The van der Waals surface area contributed by atoms with Crippen LogP contribution in [-0.2, 0) is 16.2 Å². The number of halogens is 5. The molecule has 21 heavy (non-hydrogen) atoms. The van der Waals surface area contributed by atoms with Crippen LogP contribution in [0.3, 0.4) is 0 Å². The average Bonchev–Trinajstić information content (AvgIpc) is 2.78. The average molecular weight is 422 g/mol. The Kier molecular flexibility index (Phi) is 4.52. The van der Waals surface area contributed by atoms with Gasteiger partial charge >= 0.3 is 6.18 Å². The second-order valence-corrected chi connectivity index (χ2v) is 8.11.